The number of rotatable bonds is 17. The van der Waals surface area contributed by atoms with Gasteiger partial charge in [0.15, 0.2) is 0 Å². The highest BCUT2D eigenvalue weighted by molar-refractivity contribution is 5.49. The van der Waals surface area contributed by atoms with Crippen LogP contribution in [0.3, 0.4) is 0 Å². The number of hydrogen-bond acceptors (Lipinski definition) is 3. The molecule has 0 N–H and O–H groups in total. The minimum atomic E-state index is -0.798. The van der Waals surface area contributed by atoms with E-state index in [1.54, 1.807) is 0 Å². The zero-order valence-electron chi connectivity index (χ0n) is 30.0. The van der Waals surface area contributed by atoms with E-state index in [4.69, 9.17) is 14.2 Å². The first kappa shape index (κ1) is 35.8. The molecule has 0 aliphatic heterocycles. The topological polar surface area (TPSA) is 27.7 Å². The first-order valence-electron chi connectivity index (χ1n) is 18.6. The summed E-state index contributed by atoms with van der Waals surface area (Å²) in [5.41, 5.74) is 6.05. The maximum atomic E-state index is 7.20. The molecule has 3 heteroatoms. The van der Waals surface area contributed by atoms with Crippen LogP contribution in [0.4, 0.5) is 0 Å². The highest BCUT2D eigenvalue weighted by Crippen LogP contribution is 2.42. The van der Waals surface area contributed by atoms with Crippen LogP contribution >= 0.6 is 0 Å². The normalized spacial score (nSPS) is 11.8. The Morgan fingerprint density at radius 2 is 0.566 bits per heavy atom. The van der Waals surface area contributed by atoms with Crippen LogP contribution in [-0.4, -0.2) is 19.3 Å². The van der Waals surface area contributed by atoms with Gasteiger partial charge in [-0.15, -0.1) is 0 Å². The van der Waals surface area contributed by atoms with Crippen LogP contribution < -0.4 is 0 Å². The Morgan fingerprint density at radius 3 is 0.830 bits per heavy atom. The van der Waals surface area contributed by atoms with E-state index >= 15 is 0 Å². The van der Waals surface area contributed by atoms with Gasteiger partial charge in [0.2, 0.25) is 0 Å². The van der Waals surface area contributed by atoms with Crippen LogP contribution in [-0.2, 0) is 32.0 Å². The molecule has 7 aromatic rings. The minimum absolute atomic E-state index is 0.129. The molecule has 3 nitrogen and oxygen atoms in total. The van der Waals surface area contributed by atoms with E-state index in [0.717, 1.165) is 38.9 Å². The van der Waals surface area contributed by atoms with E-state index in [2.05, 4.69) is 206 Å². The van der Waals surface area contributed by atoms with Gasteiger partial charge in [-0.2, -0.15) is 0 Å². The predicted molar refractivity (Wildman–Crippen MR) is 215 cm³/mol. The van der Waals surface area contributed by atoms with Gasteiger partial charge in [-0.05, 0) is 51.8 Å². The van der Waals surface area contributed by atoms with E-state index in [9.17, 15) is 0 Å². The molecule has 0 amide bonds. The predicted octanol–water partition coefficient (Wildman–Crippen LogP) is 11.4. The highest BCUT2D eigenvalue weighted by Gasteiger charge is 2.39. The summed E-state index contributed by atoms with van der Waals surface area (Å²) >= 11 is 0. The Hall–Kier alpha value is -5.58. The first-order chi connectivity index (χ1) is 26.3. The smallest absolute Gasteiger partial charge is 0.143 e. The van der Waals surface area contributed by atoms with E-state index in [1.165, 1.54) is 0 Å². The number of benzene rings is 7. The van der Waals surface area contributed by atoms with Gasteiger partial charge in [-0.25, -0.2) is 0 Å². The summed E-state index contributed by atoms with van der Waals surface area (Å²) in [7, 11) is 0. The lowest BCUT2D eigenvalue weighted by Crippen LogP contribution is -2.35. The van der Waals surface area contributed by atoms with Crippen molar-refractivity contribution >= 4 is 0 Å². The third-order valence-corrected chi connectivity index (χ3v) is 9.93. The van der Waals surface area contributed by atoms with Crippen LogP contribution in [0.5, 0.6) is 0 Å². The molecule has 0 bridgehead atoms. The molecule has 0 spiro atoms. The Morgan fingerprint density at radius 1 is 0.321 bits per heavy atom. The molecule has 0 saturated heterocycles. The van der Waals surface area contributed by atoms with E-state index in [0.29, 0.717) is 32.7 Å². The highest BCUT2D eigenvalue weighted by atomic mass is 16.5. The molecular weight excluding hydrogens is 649 g/mol. The lowest BCUT2D eigenvalue weighted by atomic mass is 9.80. The van der Waals surface area contributed by atoms with E-state index < -0.39 is 11.2 Å². The van der Waals surface area contributed by atoms with Gasteiger partial charge < -0.3 is 14.2 Å². The SMILES string of the molecule is c1ccc(COC(CCOC(c2ccccc2)(c2ccccc2)c2ccccc2)CCOC(c2ccccc2)(c2ccccc2)c2ccccc2)cc1. The van der Waals surface area contributed by atoms with Crippen molar-refractivity contribution in [2.24, 2.45) is 0 Å². The summed E-state index contributed by atoms with van der Waals surface area (Å²) in [5, 5.41) is 0. The standard InChI is InChI=1S/C50H46O3/c1-8-22-41(23-9-1)40-51-48(36-38-52-49(42-24-10-2-11-25-42,43-26-12-3-13-27-43)44-28-14-4-15-29-44)37-39-53-50(45-30-16-5-17-31-45,46-32-18-6-19-33-46)47-34-20-7-21-35-47/h1-35,48H,36-40H2. The van der Waals surface area contributed by atoms with Crippen molar-refractivity contribution in [2.75, 3.05) is 13.2 Å². The largest absolute Gasteiger partial charge is 0.373 e. The fraction of sp³-hybridized carbons (Fsp3) is 0.160. The molecule has 0 fully saturated rings. The van der Waals surface area contributed by atoms with E-state index in [-0.39, 0.29) is 6.10 Å². The zero-order valence-corrected chi connectivity index (χ0v) is 30.0. The van der Waals surface area contributed by atoms with E-state index in [1.807, 2.05) is 6.07 Å². The minimum Gasteiger partial charge on any atom is -0.373 e. The van der Waals surface area contributed by atoms with Gasteiger partial charge in [0.05, 0.1) is 25.9 Å². The molecule has 0 saturated carbocycles. The molecule has 264 valence electrons. The lowest BCUT2D eigenvalue weighted by molar-refractivity contribution is -0.0511. The summed E-state index contributed by atoms with van der Waals surface area (Å²) in [6.45, 7) is 1.45. The molecule has 7 rings (SSSR count). The van der Waals surface area contributed by atoms with Crippen molar-refractivity contribution in [1.29, 1.82) is 0 Å². The Kier molecular flexibility index (Phi) is 12.0. The first-order valence-corrected chi connectivity index (χ1v) is 18.6. The van der Waals surface area contributed by atoms with Crippen molar-refractivity contribution in [3.05, 3.63) is 251 Å². The molecule has 0 unspecified atom stereocenters. The zero-order chi connectivity index (χ0) is 36.0. The summed E-state index contributed by atoms with van der Waals surface area (Å²) in [6.07, 6.45) is 1.23. The van der Waals surface area contributed by atoms with Gasteiger partial charge in [0, 0.05) is 0 Å². The second-order valence-corrected chi connectivity index (χ2v) is 13.3. The van der Waals surface area contributed by atoms with Crippen LogP contribution in [0.25, 0.3) is 0 Å². The van der Waals surface area contributed by atoms with Crippen molar-refractivity contribution in [3.63, 3.8) is 0 Å². The summed E-state index contributed by atoms with van der Waals surface area (Å²) in [6, 6.07) is 73.6. The average molecular weight is 695 g/mol. The Labute approximate surface area is 314 Å². The molecule has 0 atom stereocenters. The van der Waals surface area contributed by atoms with Crippen molar-refractivity contribution < 1.29 is 14.2 Å². The van der Waals surface area contributed by atoms with Crippen LogP contribution in [0.2, 0.25) is 0 Å². The second-order valence-electron chi connectivity index (χ2n) is 13.3. The number of ether oxygens (including phenoxy) is 3. The average Bonchev–Trinajstić information content (AvgIpc) is 3.25. The fourth-order valence-electron chi connectivity index (χ4n) is 7.32. The second kappa shape index (κ2) is 17.8. The van der Waals surface area contributed by atoms with Gasteiger partial charge in [0.1, 0.15) is 11.2 Å². The maximum Gasteiger partial charge on any atom is 0.143 e. The van der Waals surface area contributed by atoms with Crippen LogP contribution in [0.15, 0.2) is 212 Å². The van der Waals surface area contributed by atoms with Crippen LogP contribution in [0, 0.1) is 0 Å². The van der Waals surface area contributed by atoms with Crippen molar-refractivity contribution in [1.82, 2.24) is 0 Å². The Bertz CT molecular complexity index is 1730. The summed E-state index contributed by atoms with van der Waals surface area (Å²) < 4.78 is 21.1. The van der Waals surface area contributed by atoms with Crippen LogP contribution in [0.1, 0.15) is 51.8 Å². The summed E-state index contributed by atoms with van der Waals surface area (Å²) in [5.74, 6) is 0. The summed E-state index contributed by atoms with van der Waals surface area (Å²) in [4.78, 5) is 0. The molecule has 0 heterocycles. The molecule has 0 aromatic heterocycles. The van der Waals surface area contributed by atoms with Crippen molar-refractivity contribution in [3.8, 4) is 0 Å². The lowest BCUT2D eigenvalue weighted by Gasteiger charge is -2.37. The Balaban J connectivity index is 1.18. The van der Waals surface area contributed by atoms with Gasteiger partial charge >= 0.3 is 0 Å². The quantitative estimate of drug-likeness (QED) is 0.0888. The molecule has 0 radical (unpaired) electrons. The molecule has 0 aliphatic rings. The molecule has 53 heavy (non-hydrogen) atoms. The van der Waals surface area contributed by atoms with Gasteiger partial charge in [-0.3, -0.25) is 0 Å². The maximum absolute atomic E-state index is 7.20. The molecule has 7 aromatic carbocycles. The molecular formula is C50H46O3. The third-order valence-electron chi connectivity index (χ3n) is 9.93. The fourth-order valence-corrected chi connectivity index (χ4v) is 7.32. The number of hydrogen-bond donors (Lipinski definition) is 0. The molecule has 0 aliphatic carbocycles. The van der Waals surface area contributed by atoms with Gasteiger partial charge in [-0.1, -0.05) is 212 Å². The van der Waals surface area contributed by atoms with Gasteiger partial charge in [0.25, 0.3) is 0 Å². The third kappa shape index (κ3) is 8.24. The monoisotopic (exact) mass is 694 g/mol. The van der Waals surface area contributed by atoms with Crippen molar-refractivity contribution in [2.45, 2.75) is 36.8 Å².